The Hall–Kier alpha value is -0.157. The molecule has 0 saturated heterocycles. The van der Waals surface area contributed by atoms with E-state index in [9.17, 15) is 0 Å². The summed E-state index contributed by atoms with van der Waals surface area (Å²) in [6.07, 6.45) is 7.09. The monoisotopic (exact) mass is 288 g/mol. The van der Waals surface area contributed by atoms with Crippen molar-refractivity contribution in [2.75, 3.05) is 0 Å². The summed E-state index contributed by atoms with van der Waals surface area (Å²) in [5, 5.41) is 0. The molecule has 2 aliphatic carbocycles. The minimum Gasteiger partial charge on any atom is -0.0767 e. The van der Waals surface area contributed by atoms with Gasteiger partial charge in [-0.25, -0.2) is 0 Å². The van der Waals surface area contributed by atoms with E-state index in [0.717, 1.165) is 0 Å². The van der Waals surface area contributed by atoms with E-state index >= 15 is 0 Å². The Labute approximate surface area is 117 Å². The summed E-state index contributed by atoms with van der Waals surface area (Å²) in [6.45, 7) is 7.03. The van der Waals surface area contributed by atoms with Gasteiger partial charge in [0.05, 0.1) is 0 Å². The maximum absolute atomic E-state index is 2.45. The molecule has 0 heterocycles. The van der Waals surface area contributed by atoms with Gasteiger partial charge in [0.1, 0.15) is 0 Å². The number of fused-ring (bicyclic) bond motifs is 2. The van der Waals surface area contributed by atoms with Crippen LogP contribution >= 0.6 is 0 Å². The molecule has 3 rings (SSSR count). The van der Waals surface area contributed by atoms with Crippen molar-refractivity contribution in [2.45, 2.75) is 39.5 Å². The van der Waals surface area contributed by atoms with E-state index in [2.05, 4.69) is 45.1 Å². The minimum absolute atomic E-state index is 0. The predicted octanol–water partition coefficient (Wildman–Crippen LogP) is 3.94. The van der Waals surface area contributed by atoms with Gasteiger partial charge in [-0.1, -0.05) is 45.1 Å². The predicted molar refractivity (Wildman–Crippen MR) is 65.1 cm³/mol. The Morgan fingerprint density at radius 3 is 2.44 bits per heavy atom. The van der Waals surface area contributed by atoms with Crippen molar-refractivity contribution >= 4 is 6.08 Å². The Balaban J connectivity index is 0.000000963. The maximum atomic E-state index is 2.45. The Morgan fingerprint density at radius 1 is 1.12 bits per heavy atom. The van der Waals surface area contributed by atoms with E-state index in [1.807, 2.05) is 0 Å². The van der Waals surface area contributed by atoms with Crippen LogP contribution in [-0.4, -0.2) is 0 Å². The molecule has 1 aromatic rings. The van der Waals surface area contributed by atoms with Gasteiger partial charge < -0.3 is 0 Å². The van der Waals surface area contributed by atoms with Crippen LogP contribution in [0.25, 0.3) is 6.08 Å². The summed E-state index contributed by atoms with van der Waals surface area (Å²) in [5.74, 6) is 0.619. The molecule has 2 aliphatic rings. The third kappa shape index (κ3) is 1.88. The standard InChI is InChI=1S/C15H18.Zr/c1-10-4-5-11-6-12-8-15(2,3)9-13(12)7-14(10)11;/h4-7,10H,8-9H2,1-3H3;. The molecular weight excluding hydrogens is 271 g/mol. The summed E-state index contributed by atoms with van der Waals surface area (Å²) in [6, 6.07) is 4.86. The average Bonchev–Trinajstić information content (AvgIpc) is 2.62. The van der Waals surface area contributed by atoms with E-state index in [4.69, 9.17) is 0 Å². The molecule has 1 heteroatoms. The molecule has 1 aromatic carbocycles. The molecule has 0 saturated carbocycles. The van der Waals surface area contributed by atoms with Gasteiger partial charge >= 0.3 is 0 Å². The minimum atomic E-state index is 0. The van der Waals surface area contributed by atoms with Gasteiger partial charge in [0.25, 0.3) is 0 Å². The van der Waals surface area contributed by atoms with Crippen LogP contribution in [0.1, 0.15) is 48.9 Å². The number of hydrogen-bond acceptors (Lipinski definition) is 0. The van der Waals surface area contributed by atoms with Crippen LogP contribution in [0, 0.1) is 5.41 Å². The van der Waals surface area contributed by atoms with Crippen molar-refractivity contribution in [1.82, 2.24) is 0 Å². The first-order valence-electron chi connectivity index (χ1n) is 5.89. The van der Waals surface area contributed by atoms with Gasteiger partial charge in [-0.15, -0.1) is 0 Å². The second-order valence-electron chi connectivity index (χ2n) is 5.92. The van der Waals surface area contributed by atoms with Crippen LogP contribution in [0.2, 0.25) is 0 Å². The second kappa shape index (κ2) is 3.95. The van der Waals surface area contributed by atoms with Gasteiger partial charge in [-0.3, -0.25) is 0 Å². The first kappa shape index (κ1) is 12.3. The summed E-state index contributed by atoms with van der Waals surface area (Å²) < 4.78 is 0. The van der Waals surface area contributed by atoms with Crippen molar-refractivity contribution < 1.29 is 26.2 Å². The van der Waals surface area contributed by atoms with Crippen LogP contribution < -0.4 is 0 Å². The molecule has 0 radical (unpaired) electrons. The van der Waals surface area contributed by atoms with Crippen LogP contribution in [0.5, 0.6) is 0 Å². The largest absolute Gasteiger partial charge is 0.0767 e. The summed E-state index contributed by atoms with van der Waals surface area (Å²) in [7, 11) is 0. The van der Waals surface area contributed by atoms with Gasteiger partial charge in [-0.05, 0) is 46.4 Å². The van der Waals surface area contributed by atoms with Crippen LogP contribution in [0.3, 0.4) is 0 Å². The molecule has 0 amide bonds. The smallest absolute Gasteiger partial charge is 0 e. The first-order valence-corrected chi connectivity index (χ1v) is 5.89. The number of benzene rings is 1. The SMILES string of the molecule is CC1C=Cc2cc3c(cc21)CC(C)(C)C3.[Zr]. The topological polar surface area (TPSA) is 0 Å². The molecule has 0 aromatic heterocycles. The number of rotatable bonds is 0. The Kier molecular flexibility index (Phi) is 3.04. The zero-order valence-corrected chi connectivity index (χ0v) is 12.8. The van der Waals surface area contributed by atoms with E-state index in [0.29, 0.717) is 11.3 Å². The fourth-order valence-electron chi connectivity index (χ4n) is 3.04. The zero-order chi connectivity index (χ0) is 10.6. The molecule has 0 bridgehead atoms. The van der Waals surface area contributed by atoms with Crippen LogP contribution in [-0.2, 0) is 39.0 Å². The Morgan fingerprint density at radius 2 is 1.75 bits per heavy atom. The van der Waals surface area contributed by atoms with Crippen molar-refractivity contribution in [1.29, 1.82) is 0 Å². The molecule has 16 heavy (non-hydrogen) atoms. The van der Waals surface area contributed by atoms with Crippen molar-refractivity contribution in [3.8, 4) is 0 Å². The van der Waals surface area contributed by atoms with Crippen LogP contribution in [0.15, 0.2) is 18.2 Å². The number of allylic oxidation sites excluding steroid dienone is 1. The summed E-state index contributed by atoms with van der Waals surface area (Å²) in [5.41, 5.74) is 6.64. The van der Waals surface area contributed by atoms with Gasteiger partial charge in [0.2, 0.25) is 0 Å². The molecule has 0 N–H and O–H groups in total. The third-order valence-corrected chi connectivity index (χ3v) is 3.80. The first-order chi connectivity index (χ1) is 7.05. The summed E-state index contributed by atoms with van der Waals surface area (Å²) >= 11 is 0. The average molecular weight is 290 g/mol. The van der Waals surface area contributed by atoms with Gasteiger partial charge in [-0.2, -0.15) is 0 Å². The molecule has 0 aliphatic heterocycles. The quantitative estimate of drug-likeness (QED) is 0.678. The fraction of sp³-hybridized carbons (Fsp3) is 0.467. The van der Waals surface area contributed by atoms with E-state index < -0.39 is 0 Å². The van der Waals surface area contributed by atoms with Crippen molar-refractivity contribution in [3.05, 3.63) is 40.5 Å². The molecular formula is C15H18Zr. The summed E-state index contributed by atoms with van der Waals surface area (Å²) in [4.78, 5) is 0. The molecule has 1 atom stereocenters. The van der Waals surface area contributed by atoms with E-state index in [1.165, 1.54) is 24.0 Å². The number of hydrogen-bond donors (Lipinski definition) is 0. The van der Waals surface area contributed by atoms with Crippen molar-refractivity contribution in [2.24, 2.45) is 5.41 Å². The normalized spacial score (nSPS) is 23.8. The Bertz CT molecular complexity index is 455. The maximum Gasteiger partial charge on any atom is 0 e. The van der Waals surface area contributed by atoms with Gasteiger partial charge in [0, 0.05) is 26.2 Å². The fourth-order valence-corrected chi connectivity index (χ4v) is 3.04. The van der Waals surface area contributed by atoms with E-state index in [1.54, 1.807) is 11.1 Å². The molecule has 1 unspecified atom stereocenters. The molecule has 0 spiro atoms. The second-order valence-corrected chi connectivity index (χ2v) is 5.92. The molecule has 0 fully saturated rings. The third-order valence-electron chi connectivity index (χ3n) is 3.80. The van der Waals surface area contributed by atoms with Crippen LogP contribution in [0.4, 0.5) is 0 Å². The zero-order valence-electron chi connectivity index (χ0n) is 10.3. The molecule has 82 valence electrons. The van der Waals surface area contributed by atoms with Crippen molar-refractivity contribution in [3.63, 3.8) is 0 Å². The van der Waals surface area contributed by atoms with Gasteiger partial charge in [0.15, 0.2) is 0 Å². The molecule has 0 nitrogen and oxygen atoms in total. The van der Waals surface area contributed by atoms with E-state index in [-0.39, 0.29) is 26.2 Å².